The molecule has 0 aliphatic heterocycles. The van der Waals surface area contributed by atoms with Crippen molar-refractivity contribution in [2.24, 2.45) is 0 Å². The van der Waals surface area contributed by atoms with Gasteiger partial charge >= 0.3 is 12.1 Å². The van der Waals surface area contributed by atoms with Crippen molar-refractivity contribution >= 4 is 51.1 Å². The molecule has 150 valence electrons. The van der Waals surface area contributed by atoms with Gasteiger partial charge < -0.3 is 21.6 Å². The van der Waals surface area contributed by atoms with Crippen LogP contribution < -0.4 is 11.5 Å². The molecule has 0 saturated heterocycles. The van der Waals surface area contributed by atoms with E-state index in [1.54, 1.807) is 0 Å². The molecule has 2 aromatic carbocycles. The number of carboxylic acids is 1. The Morgan fingerprint density at radius 1 is 1.10 bits per heavy atom. The van der Waals surface area contributed by atoms with Crippen molar-refractivity contribution in [2.45, 2.75) is 6.18 Å². The van der Waals surface area contributed by atoms with E-state index >= 15 is 0 Å². The van der Waals surface area contributed by atoms with Gasteiger partial charge in [0.15, 0.2) is 0 Å². The second-order valence-electron chi connectivity index (χ2n) is 5.83. The van der Waals surface area contributed by atoms with Crippen LogP contribution in [-0.2, 0) is 4.79 Å². The zero-order valence-corrected chi connectivity index (χ0v) is 15.2. The fraction of sp³-hybridized carbons (Fsp3) is 0.0556. The van der Waals surface area contributed by atoms with Crippen LogP contribution in [0, 0.1) is 0 Å². The number of H-pyrrole nitrogens is 1. The van der Waals surface area contributed by atoms with Crippen molar-refractivity contribution in [1.29, 1.82) is 0 Å². The molecule has 4 aromatic rings. The van der Waals surface area contributed by atoms with Crippen LogP contribution in [0.2, 0.25) is 5.02 Å². The number of nitrogens with zero attached hydrogens (tertiary/aromatic N) is 2. The van der Waals surface area contributed by atoms with Gasteiger partial charge in [0.05, 0.1) is 16.4 Å². The van der Waals surface area contributed by atoms with Gasteiger partial charge in [-0.1, -0.05) is 29.8 Å². The Morgan fingerprint density at radius 2 is 1.76 bits per heavy atom. The topological polar surface area (TPSA) is 131 Å². The molecule has 6 N–H and O–H groups in total. The van der Waals surface area contributed by atoms with Gasteiger partial charge in [-0.3, -0.25) is 0 Å². The second kappa shape index (κ2) is 7.47. The predicted molar refractivity (Wildman–Crippen MR) is 104 cm³/mol. The maximum Gasteiger partial charge on any atom is 0.490 e. The van der Waals surface area contributed by atoms with Crippen LogP contribution >= 0.6 is 11.6 Å². The number of rotatable bonds is 1. The Bertz CT molecular complexity index is 1220. The number of benzene rings is 2. The fourth-order valence-corrected chi connectivity index (χ4v) is 3.03. The molecule has 0 amide bonds. The number of nitrogen functional groups attached to an aromatic ring is 2. The number of aromatic nitrogens is 3. The van der Waals surface area contributed by atoms with Crippen molar-refractivity contribution < 1.29 is 23.1 Å². The number of nitrogens with one attached hydrogen (secondary N) is 1. The van der Waals surface area contributed by atoms with Gasteiger partial charge in [0.2, 0.25) is 5.95 Å². The van der Waals surface area contributed by atoms with Gasteiger partial charge in [0, 0.05) is 27.7 Å². The highest BCUT2D eigenvalue weighted by molar-refractivity contribution is 6.34. The van der Waals surface area contributed by atoms with Crippen LogP contribution in [0.25, 0.3) is 32.9 Å². The number of halogens is 4. The molecule has 0 fully saturated rings. The average Bonchev–Trinajstić information content (AvgIpc) is 3.10. The zero-order chi connectivity index (χ0) is 21.3. The first kappa shape index (κ1) is 20.2. The molecule has 0 saturated carbocycles. The number of hydrogen-bond donors (Lipinski definition) is 4. The number of aromatic amines is 1. The minimum Gasteiger partial charge on any atom is -0.475 e. The molecular weight excluding hydrogens is 411 g/mol. The van der Waals surface area contributed by atoms with E-state index in [9.17, 15) is 13.2 Å². The van der Waals surface area contributed by atoms with E-state index in [4.69, 9.17) is 33.0 Å². The van der Waals surface area contributed by atoms with Gasteiger partial charge in [-0.25, -0.2) is 9.78 Å². The van der Waals surface area contributed by atoms with Gasteiger partial charge in [-0.15, -0.1) is 0 Å². The summed E-state index contributed by atoms with van der Waals surface area (Å²) in [5.74, 6) is -2.23. The van der Waals surface area contributed by atoms with Crippen LogP contribution in [0.5, 0.6) is 0 Å². The summed E-state index contributed by atoms with van der Waals surface area (Å²) in [5.41, 5.74) is 15.3. The number of anilines is 2. The third-order valence-corrected chi connectivity index (χ3v) is 4.29. The largest absolute Gasteiger partial charge is 0.490 e. The van der Waals surface area contributed by atoms with Gasteiger partial charge in [-0.05, 0) is 18.2 Å². The minimum atomic E-state index is -5.08. The number of nitrogens with two attached hydrogens (primary N) is 2. The van der Waals surface area contributed by atoms with E-state index < -0.39 is 12.1 Å². The summed E-state index contributed by atoms with van der Waals surface area (Å²) < 4.78 is 31.7. The smallest absolute Gasteiger partial charge is 0.475 e. The predicted octanol–water partition coefficient (Wildman–Crippen LogP) is 4.23. The second-order valence-corrected chi connectivity index (χ2v) is 6.24. The first-order valence-corrected chi connectivity index (χ1v) is 8.35. The van der Waals surface area contributed by atoms with Crippen LogP contribution in [-0.4, -0.2) is 32.2 Å². The number of carbonyl (C=O) groups is 1. The summed E-state index contributed by atoms with van der Waals surface area (Å²) in [6.07, 6.45) is -3.22. The van der Waals surface area contributed by atoms with Crippen LogP contribution in [0.3, 0.4) is 0 Å². The van der Waals surface area contributed by atoms with E-state index in [0.717, 1.165) is 27.4 Å². The average molecular weight is 424 g/mol. The molecule has 2 heterocycles. The van der Waals surface area contributed by atoms with Crippen LogP contribution in [0.1, 0.15) is 0 Å². The van der Waals surface area contributed by atoms with Crippen molar-refractivity contribution in [3.05, 3.63) is 47.6 Å². The lowest BCUT2D eigenvalue weighted by Crippen LogP contribution is -2.21. The standard InChI is InChI=1S/C16H12ClN5.C2HF3O2/c17-11-4-2-1-3-8(11)10-7-12-13(9-5-6-20-14(9)10)15(18)22-16(19)21-12;3-2(4,5)1(6)7/h1-7,20H,(H4,18,19,21,22);(H,6,7). The summed E-state index contributed by atoms with van der Waals surface area (Å²) in [6, 6.07) is 11.6. The Labute approximate surface area is 166 Å². The summed E-state index contributed by atoms with van der Waals surface area (Å²) >= 11 is 6.34. The molecule has 0 atom stereocenters. The normalized spacial score (nSPS) is 11.3. The molecule has 0 unspecified atom stereocenters. The highest BCUT2D eigenvalue weighted by Crippen LogP contribution is 2.38. The lowest BCUT2D eigenvalue weighted by molar-refractivity contribution is -0.192. The van der Waals surface area contributed by atoms with Gasteiger partial charge in [0.1, 0.15) is 5.82 Å². The van der Waals surface area contributed by atoms with Crippen molar-refractivity contribution in [1.82, 2.24) is 15.0 Å². The van der Waals surface area contributed by atoms with Crippen LogP contribution in [0.15, 0.2) is 42.6 Å². The number of fused-ring (bicyclic) bond motifs is 3. The molecule has 4 rings (SSSR count). The molecule has 2 aromatic heterocycles. The number of aliphatic carboxylic acids is 1. The molecule has 0 radical (unpaired) electrons. The lowest BCUT2D eigenvalue weighted by atomic mass is 10.00. The van der Waals surface area contributed by atoms with E-state index in [1.165, 1.54) is 0 Å². The first-order chi connectivity index (χ1) is 13.6. The van der Waals surface area contributed by atoms with E-state index in [1.807, 2.05) is 42.6 Å². The van der Waals surface area contributed by atoms with Crippen molar-refractivity contribution in [2.75, 3.05) is 11.5 Å². The molecule has 0 spiro atoms. The molecule has 0 bridgehead atoms. The third-order valence-electron chi connectivity index (χ3n) is 3.96. The summed E-state index contributed by atoms with van der Waals surface area (Å²) in [6.45, 7) is 0. The van der Waals surface area contributed by atoms with Crippen molar-refractivity contribution in [3.63, 3.8) is 0 Å². The number of hydrogen-bond acceptors (Lipinski definition) is 5. The zero-order valence-electron chi connectivity index (χ0n) is 14.5. The van der Waals surface area contributed by atoms with Gasteiger partial charge in [-0.2, -0.15) is 18.2 Å². The maximum atomic E-state index is 10.6. The molecule has 11 heteroatoms. The highest BCUT2D eigenvalue weighted by Gasteiger charge is 2.38. The Morgan fingerprint density at radius 3 is 2.38 bits per heavy atom. The van der Waals surface area contributed by atoms with Crippen molar-refractivity contribution in [3.8, 4) is 11.1 Å². The van der Waals surface area contributed by atoms with E-state index in [-0.39, 0.29) is 5.95 Å². The Kier molecular flexibility index (Phi) is 5.21. The molecule has 0 aliphatic carbocycles. The molecular formula is C18H13ClF3N5O2. The molecule has 7 nitrogen and oxygen atoms in total. The minimum absolute atomic E-state index is 0.157. The van der Waals surface area contributed by atoms with Crippen LogP contribution in [0.4, 0.5) is 24.9 Å². The summed E-state index contributed by atoms with van der Waals surface area (Å²) in [4.78, 5) is 20.5. The lowest BCUT2D eigenvalue weighted by Gasteiger charge is -2.10. The first-order valence-electron chi connectivity index (χ1n) is 7.97. The Hall–Kier alpha value is -3.53. The Balaban J connectivity index is 0.000000298. The number of alkyl halides is 3. The summed E-state index contributed by atoms with van der Waals surface area (Å²) in [7, 11) is 0. The highest BCUT2D eigenvalue weighted by atomic mass is 35.5. The number of carboxylic acid groups (broad SMARTS) is 1. The monoisotopic (exact) mass is 423 g/mol. The van der Waals surface area contributed by atoms with E-state index in [0.29, 0.717) is 16.4 Å². The molecule has 0 aliphatic rings. The molecule has 29 heavy (non-hydrogen) atoms. The SMILES string of the molecule is Nc1nc(N)c2c(cc(-c3ccccc3Cl)c3[nH]ccc32)n1.O=C(O)C(F)(F)F. The maximum absolute atomic E-state index is 10.6. The fourth-order valence-electron chi connectivity index (χ4n) is 2.80. The third kappa shape index (κ3) is 4.02. The van der Waals surface area contributed by atoms with Gasteiger partial charge in [0.25, 0.3) is 0 Å². The van der Waals surface area contributed by atoms with E-state index in [2.05, 4.69) is 15.0 Å². The summed E-state index contributed by atoms with van der Waals surface area (Å²) in [5, 5.41) is 9.54. The quantitative estimate of drug-likeness (QED) is 0.362.